The van der Waals surface area contributed by atoms with Crippen LogP contribution in [0, 0.1) is 12.8 Å². The molecular formula is C13H19N3O3. The number of phenols is 1. The van der Waals surface area contributed by atoms with Crippen molar-refractivity contribution in [3.05, 3.63) is 29.3 Å². The number of aryl methyl sites for hydroxylation is 1. The molecule has 0 aromatic heterocycles. The number of oxime groups is 1. The summed E-state index contributed by atoms with van der Waals surface area (Å²) >= 11 is 0. The Hall–Kier alpha value is -2.24. The van der Waals surface area contributed by atoms with E-state index in [2.05, 4.69) is 10.5 Å². The molecule has 1 aromatic rings. The lowest BCUT2D eigenvalue weighted by Gasteiger charge is -2.21. The summed E-state index contributed by atoms with van der Waals surface area (Å²) in [5, 5.41) is 23.7. The molecule has 0 saturated carbocycles. The first-order valence-corrected chi connectivity index (χ1v) is 5.94. The zero-order chi connectivity index (χ0) is 14.6. The maximum Gasteiger partial charge on any atom is 0.251 e. The Balaban J connectivity index is 2.91. The quantitative estimate of drug-likeness (QED) is 0.284. The molecule has 0 radical (unpaired) electrons. The first kappa shape index (κ1) is 14.8. The fourth-order valence-corrected chi connectivity index (χ4v) is 1.67. The molecule has 1 amide bonds. The second-order valence-electron chi connectivity index (χ2n) is 4.72. The Morgan fingerprint density at radius 2 is 2.05 bits per heavy atom. The van der Waals surface area contributed by atoms with Gasteiger partial charge in [0.15, 0.2) is 5.84 Å². The lowest BCUT2D eigenvalue weighted by Crippen LogP contribution is -2.47. The second-order valence-corrected chi connectivity index (χ2v) is 4.72. The topological polar surface area (TPSA) is 108 Å². The van der Waals surface area contributed by atoms with Crippen molar-refractivity contribution in [2.24, 2.45) is 16.8 Å². The van der Waals surface area contributed by atoms with E-state index in [0.29, 0.717) is 11.1 Å². The summed E-state index contributed by atoms with van der Waals surface area (Å²) in [6.07, 6.45) is 0. The van der Waals surface area contributed by atoms with Crippen molar-refractivity contribution >= 4 is 11.7 Å². The number of hydrogen-bond donors (Lipinski definition) is 4. The minimum Gasteiger partial charge on any atom is -0.508 e. The number of nitrogens with two attached hydrogens (primary N) is 1. The molecule has 6 heteroatoms. The molecule has 19 heavy (non-hydrogen) atoms. The van der Waals surface area contributed by atoms with E-state index in [1.807, 2.05) is 13.8 Å². The molecule has 0 bridgehead atoms. The van der Waals surface area contributed by atoms with Gasteiger partial charge in [-0.3, -0.25) is 4.79 Å². The third-order valence-electron chi connectivity index (χ3n) is 2.85. The number of hydrogen-bond acceptors (Lipinski definition) is 4. The Morgan fingerprint density at radius 1 is 1.42 bits per heavy atom. The van der Waals surface area contributed by atoms with Gasteiger partial charge < -0.3 is 21.4 Å². The normalized spacial score (nSPS) is 13.4. The van der Waals surface area contributed by atoms with Crippen molar-refractivity contribution in [2.45, 2.75) is 26.8 Å². The van der Waals surface area contributed by atoms with Crippen LogP contribution in [0.3, 0.4) is 0 Å². The van der Waals surface area contributed by atoms with Gasteiger partial charge in [0.05, 0.1) is 6.04 Å². The summed E-state index contributed by atoms with van der Waals surface area (Å²) in [5.41, 5.74) is 6.56. The molecule has 5 N–H and O–H groups in total. The molecule has 0 heterocycles. The van der Waals surface area contributed by atoms with Gasteiger partial charge in [-0.05, 0) is 36.6 Å². The highest BCUT2D eigenvalue weighted by molar-refractivity contribution is 5.98. The van der Waals surface area contributed by atoms with Crippen LogP contribution in [0.2, 0.25) is 0 Å². The Kier molecular flexibility index (Phi) is 4.74. The Bertz CT molecular complexity index is 498. The molecule has 0 saturated heterocycles. The fraction of sp³-hybridized carbons (Fsp3) is 0.385. The molecule has 1 aromatic carbocycles. The van der Waals surface area contributed by atoms with Gasteiger partial charge in [-0.15, -0.1) is 0 Å². The lowest BCUT2D eigenvalue weighted by atomic mass is 10.0. The van der Waals surface area contributed by atoms with Crippen LogP contribution in [0.25, 0.3) is 0 Å². The van der Waals surface area contributed by atoms with E-state index in [9.17, 15) is 9.90 Å². The van der Waals surface area contributed by atoms with Crippen LogP contribution in [-0.2, 0) is 0 Å². The highest BCUT2D eigenvalue weighted by atomic mass is 16.4. The third-order valence-corrected chi connectivity index (χ3v) is 2.85. The summed E-state index contributed by atoms with van der Waals surface area (Å²) in [6.45, 7) is 5.41. The number of nitrogens with one attached hydrogen (secondary N) is 1. The third kappa shape index (κ3) is 3.61. The van der Waals surface area contributed by atoms with Crippen LogP contribution in [0.1, 0.15) is 29.8 Å². The van der Waals surface area contributed by atoms with E-state index in [1.54, 1.807) is 13.0 Å². The van der Waals surface area contributed by atoms with Crippen molar-refractivity contribution < 1.29 is 15.1 Å². The molecule has 6 nitrogen and oxygen atoms in total. The van der Waals surface area contributed by atoms with E-state index in [1.165, 1.54) is 12.1 Å². The SMILES string of the molecule is Cc1cc(C(=O)NC(/C(N)=N/O)C(C)C)ccc1O. The predicted molar refractivity (Wildman–Crippen MR) is 72.3 cm³/mol. The van der Waals surface area contributed by atoms with Gasteiger partial charge in [-0.1, -0.05) is 19.0 Å². The number of aromatic hydroxyl groups is 1. The summed E-state index contributed by atoms with van der Waals surface area (Å²) in [4.78, 5) is 12.1. The number of phenolic OH excluding ortho intramolecular Hbond substituents is 1. The highest BCUT2D eigenvalue weighted by Crippen LogP contribution is 2.17. The zero-order valence-electron chi connectivity index (χ0n) is 11.2. The second kappa shape index (κ2) is 6.08. The van der Waals surface area contributed by atoms with Gasteiger partial charge in [0.2, 0.25) is 0 Å². The van der Waals surface area contributed by atoms with E-state index in [4.69, 9.17) is 10.9 Å². The number of amidine groups is 1. The van der Waals surface area contributed by atoms with E-state index in [-0.39, 0.29) is 23.4 Å². The summed E-state index contributed by atoms with van der Waals surface area (Å²) in [7, 11) is 0. The Morgan fingerprint density at radius 3 is 2.53 bits per heavy atom. The molecule has 0 fully saturated rings. The average molecular weight is 265 g/mol. The van der Waals surface area contributed by atoms with Crippen LogP contribution < -0.4 is 11.1 Å². The monoisotopic (exact) mass is 265 g/mol. The molecular weight excluding hydrogens is 246 g/mol. The van der Waals surface area contributed by atoms with Gasteiger partial charge in [-0.25, -0.2) is 0 Å². The van der Waals surface area contributed by atoms with E-state index in [0.717, 1.165) is 0 Å². The Labute approximate surface area is 111 Å². The number of nitrogens with zero attached hydrogens (tertiary/aromatic N) is 1. The lowest BCUT2D eigenvalue weighted by molar-refractivity contribution is 0.0938. The minimum absolute atomic E-state index is 0.0157. The largest absolute Gasteiger partial charge is 0.508 e. The van der Waals surface area contributed by atoms with Crippen molar-refractivity contribution in [1.82, 2.24) is 5.32 Å². The van der Waals surface area contributed by atoms with Gasteiger partial charge in [0.25, 0.3) is 5.91 Å². The summed E-state index contributed by atoms with van der Waals surface area (Å²) < 4.78 is 0. The van der Waals surface area contributed by atoms with E-state index < -0.39 is 6.04 Å². The van der Waals surface area contributed by atoms with Crippen LogP contribution in [0.5, 0.6) is 5.75 Å². The maximum atomic E-state index is 12.1. The van der Waals surface area contributed by atoms with Crippen molar-refractivity contribution in [2.75, 3.05) is 0 Å². The molecule has 0 aliphatic heterocycles. The molecule has 1 rings (SSSR count). The van der Waals surface area contributed by atoms with Crippen molar-refractivity contribution in [3.63, 3.8) is 0 Å². The zero-order valence-corrected chi connectivity index (χ0v) is 11.2. The first-order valence-electron chi connectivity index (χ1n) is 5.94. The maximum absolute atomic E-state index is 12.1. The first-order chi connectivity index (χ1) is 8.86. The van der Waals surface area contributed by atoms with Crippen LogP contribution in [0.15, 0.2) is 23.4 Å². The molecule has 1 unspecified atom stereocenters. The molecule has 0 spiro atoms. The van der Waals surface area contributed by atoms with Gasteiger partial charge in [0.1, 0.15) is 5.75 Å². The number of rotatable bonds is 4. The molecule has 104 valence electrons. The van der Waals surface area contributed by atoms with Crippen LogP contribution >= 0.6 is 0 Å². The molecule has 0 aliphatic rings. The van der Waals surface area contributed by atoms with Gasteiger partial charge in [0, 0.05) is 5.56 Å². The fourth-order valence-electron chi connectivity index (χ4n) is 1.67. The average Bonchev–Trinajstić information content (AvgIpc) is 2.37. The number of amides is 1. The van der Waals surface area contributed by atoms with Crippen molar-refractivity contribution in [3.8, 4) is 5.75 Å². The summed E-state index contributed by atoms with van der Waals surface area (Å²) in [5.74, 6) is -0.265. The van der Waals surface area contributed by atoms with Crippen LogP contribution in [0.4, 0.5) is 0 Å². The predicted octanol–water partition coefficient (Wildman–Crippen LogP) is 1.20. The van der Waals surface area contributed by atoms with Crippen LogP contribution in [-0.4, -0.2) is 28.1 Å². The molecule has 0 aliphatic carbocycles. The number of carbonyl (C=O) groups excluding carboxylic acids is 1. The smallest absolute Gasteiger partial charge is 0.251 e. The van der Waals surface area contributed by atoms with E-state index >= 15 is 0 Å². The van der Waals surface area contributed by atoms with Gasteiger partial charge >= 0.3 is 0 Å². The van der Waals surface area contributed by atoms with Gasteiger partial charge in [-0.2, -0.15) is 0 Å². The van der Waals surface area contributed by atoms with Crippen molar-refractivity contribution in [1.29, 1.82) is 0 Å². The summed E-state index contributed by atoms with van der Waals surface area (Å²) in [6, 6.07) is 4.00. The number of benzene rings is 1. The number of carbonyl (C=O) groups is 1. The molecule has 1 atom stereocenters. The highest BCUT2D eigenvalue weighted by Gasteiger charge is 2.21. The minimum atomic E-state index is -0.549. The standard InChI is InChI=1S/C13H19N3O3/c1-7(2)11(12(14)16-19)15-13(18)9-4-5-10(17)8(3)6-9/h4-7,11,17,19H,1-3H3,(H2,14,16)(H,15,18).